The summed E-state index contributed by atoms with van der Waals surface area (Å²) in [7, 11) is -4.70. The summed E-state index contributed by atoms with van der Waals surface area (Å²) in [5, 5.41) is 32.2. The molecule has 3 aromatic carbocycles. The quantitative estimate of drug-likeness (QED) is 0.207. The molecule has 0 radical (unpaired) electrons. The van der Waals surface area contributed by atoms with Crippen LogP contribution in [0.15, 0.2) is 71.3 Å². The summed E-state index contributed by atoms with van der Waals surface area (Å²) in [4.78, 5) is -0.492. The average Bonchev–Trinajstić information content (AvgIpc) is 2.68. The molecule has 0 saturated heterocycles. The Hall–Kier alpha value is -0.950. The Balaban J connectivity index is 2.49. The molecule has 0 amide bonds. The van der Waals surface area contributed by atoms with Crippen LogP contribution in [0.25, 0.3) is 0 Å². The summed E-state index contributed by atoms with van der Waals surface area (Å²) >= 11 is 12.9. The van der Waals surface area contributed by atoms with Gasteiger partial charge < -0.3 is 15.3 Å². The van der Waals surface area contributed by atoms with Crippen LogP contribution in [0.2, 0.25) is 0 Å². The number of rotatable bonds is 4. The first-order chi connectivity index (χ1) is 13.9. The van der Waals surface area contributed by atoms with Gasteiger partial charge >= 0.3 is 0 Å². The normalized spacial score (nSPS) is 12.2. The molecule has 0 saturated carbocycles. The highest BCUT2D eigenvalue weighted by molar-refractivity contribution is 9.11. The smallest absolute Gasteiger partial charge is 0.294 e. The van der Waals surface area contributed by atoms with Crippen molar-refractivity contribution in [3.05, 3.63) is 83.1 Å². The van der Waals surface area contributed by atoms with E-state index in [1.54, 1.807) is 0 Å². The maximum Gasteiger partial charge on any atom is 0.294 e. The highest BCUT2D eigenvalue weighted by Crippen LogP contribution is 2.46. The molecule has 3 rings (SSSR count). The van der Waals surface area contributed by atoms with Crippen molar-refractivity contribution in [2.75, 3.05) is 0 Å². The fraction of sp³-hybridized carbons (Fsp3) is 0.0526. The number of aromatic hydroxyl groups is 2. The van der Waals surface area contributed by atoms with Crippen molar-refractivity contribution >= 4 is 73.8 Å². The van der Waals surface area contributed by atoms with Gasteiger partial charge in [0.25, 0.3) is 10.1 Å². The average molecular weight is 688 g/mol. The van der Waals surface area contributed by atoms with E-state index < -0.39 is 20.6 Å². The summed E-state index contributed by atoms with van der Waals surface area (Å²) in [5.41, 5.74) is -1.87. The van der Waals surface area contributed by atoms with Crippen LogP contribution in [-0.4, -0.2) is 28.3 Å². The molecule has 0 aromatic heterocycles. The lowest BCUT2D eigenvalue weighted by atomic mass is 9.80. The fourth-order valence-corrected chi connectivity index (χ4v) is 6.13. The summed E-state index contributed by atoms with van der Waals surface area (Å²) in [6.07, 6.45) is 0. The van der Waals surface area contributed by atoms with Gasteiger partial charge in [0, 0.05) is 5.56 Å². The third-order valence-electron chi connectivity index (χ3n) is 4.42. The molecule has 30 heavy (non-hydrogen) atoms. The second-order valence-electron chi connectivity index (χ2n) is 6.26. The van der Waals surface area contributed by atoms with E-state index in [2.05, 4.69) is 63.7 Å². The van der Waals surface area contributed by atoms with Crippen molar-refractivity contribution in [1.29, 1.82) is 0 Å². The van der Waals surface area contributed by atoms with Crippen LogP contribution in [-0.2, 0) is 15.7 Å². The molecule has 0 atom stereocenters. The second-order valence-corrected chi connectivity index (χ2v) is 11.1. The van der Waals surface area contributed by atoms with E-state index in [1.807, 2.05) is 0 Å². The summed E-state index contributed by atoms with van der Waals surface area (Å²) in [6.45, 7) is 0. The Morgan fingerprint density at radius 1 is 0.733 bits per heavy atom. The van der Waals surface area contributed by atoms with Gasteiger partial charge in [-0.2, -0.15) is 8.42 Å². The lowest BCUT2D eigenvalue weighted by Gasteiger charge is -2.32. The first-order valence-electron chi connectivity index (χ1n) is 8.03. The highest BCUT2D eigenvalue weighted by atomic mass is 79.9. The van der Waals surface area contributed by atoms with E-state index in [1.165, 1.54) is 48.5 Å². The minimum absolute atomic E-state index is 0.114. The summed E-state index contributed by atoms with van der Waals surface area (Å²) in [5.74, 6) is -0.227. The zero-order valence-corrected chi connectivity index (χ0v) is 21.8. The largest absolute Gasteiger partial charge is 0.506 e. The SMILES string of the molecule is O=S(=O)(O)c1ccccc1C(O)(c1cc(Br)c(O)c(Br)c1)c1cc(Br)c(O)c(Br)c1. The number of hydrogen-bond donors (Lipinski definition) is 4. The first-order valence-corrected chi connectivity index (χ1v) is 12.6. The van der Waals surface area contributed by atoms with E-state index in [4.69, 9.17) is 0 Å². The minimum Gasteiger partial charge on any atom is -0.506 e. The van der Waals surface area contributed by atoms with Gasteiger partial charge in [-0.05, 0) is 105 Å². The molecule has 0 unspecified atom stereocenters. The predicted molar refractivity (Wildman–Crippen MR) is 125 cm³/mol. The van der Waals surface area contributed by atoms with Crippen molar-refractivity contribution in [1.82, 2.24) is 0 Å². The Morgan fingerprint density at radius 2 is 1.10 bits per heavy atom. The van der Waals surface area contributed by atoms with Gasteiger partial charge in [-0.1, -0.05) is 18.2 Å². The van der Waals surface area contributed by atoms with Crippen molar-refractivity contribution in [3.8, 4) is 11.5 Å². The molecular formula is C19H12Br4O6S. The molecule has 0 fully saturated rings. The molecule has 4 N–H and O–H groups in total. The standard InChI is InChI=1S/C19H12Br4O6S/c20-12-5-9(6-13(21)17(12)24)19(26,10-7-14(22)18(25)15(23)8-10)11-3-1-2-4-16(11)30(27,28)29/h1-8,24-26H,(H,27,28,29). The van der Waals surface area contributed by atoms with Crippen molar-refractivity contribution in [2.45, 2.75) is 10.5 Å². The van der Waals surface area contributed by atoms with Gasteiger partial charge in [-0.25, -0.2) is 0 Å². The molecule has 3 aromatic rings. The monoisotopic (exact) mass is 684 g/mol. The first kappa shape index (κ1) is 23.7. The highest BCUT2D eigenvalue weighted by Gasteiger charge is 2.39. The van der Waals surface area contributed by atoms with Crippen LogP contribution in [0.5, 0.6) is 11.5 Å². The van der Waals surface area contributed by atoms with Gasteiger partial charge in [-0.15, -0.1) is 0 Å². The molecule has 0 aliphatic heterocycles. The third kappa shape index (κ3) is 4.21. The van der Waals surface area contributed by atoms with E-state index in [9.17, 15) is 28.3 Å². The number of hydrogen-bond acceptors (Lipinski definition) is 5. The number of aliphatic hydroxyl groups is 1. The van der Waals surface area contributed by atoms with Crippen LogP contribution in [0.4, 0.5) is 0 Å². The fourth-order valence-electron chi connectivity index (χ4n) is 3.02. The van der Waals surface area contributed by atoms with Gasteiger partial charge in [-0.3, -0.25) is 4.55 Å². The van der Waals surface area contributed by atoms with Crippen LogP contribution >= 0.6 is 63.7 Å². The minimum atomic E-state index is -4.70. The molecule has 158 valence electrons. The number of benzene rings is 3. The van der Waals surface area contributed by atoms with Gasteiger partial charge in [0.1, 0.15) is 22.0 Å². The Labute approximate surface area is 205 Å². The van der Waals surface area contributed by atoms with E-state index >= 15 is 0 Å². The molecule has 0 aliphatic carbocycles. The molecule has 6 nitrogen and oxygen atoms in total. The molecule has 0 heterocycles. The molecule has 0 bridgehead atoms. The van der Waals surface area contributed by atoms with Crippen molar-refractivity contribution in [3.63, 3.8) is 0 Å². The molecule has 11 heteroatoms. The maximum absolute atomic E-state index is 12.1. The summed E-state index contributed by atoms with van der Waals surface area (Å²) < 4.78 is 34.9. The van der Waals surface area contributed by atoms with Crippen LogP contribution in [0, 0.1) is 0 Å². The van der Waals surface area contributed by atoms with Gasteiger partial charge in [0.2, 0.25) is 0 Å². The van der Waals surface area contributed by atoms with Gasteiger partial charge in [0.05, 0.1) is 17.9 Å². The zero-order valence-electron chi connectivity index (χ0n) is 14.6. The van der Waals surface area contributed by atoms with Crippen LogP contribution in [0.1, 0.15) is 16.7 Å². The molecular weight excluding hydrogens is 676 g/mol. The molecule has 0 spiro atoms. The second kappa shape index (κ2) is 8.53. The van der Waals surface area contributed by atoms with E-state index in [-0.39, 0.29) is 46.1 Å². The van der Waals surface area contributed by atoms with Crippen LogP contribution < -0.4 is 0 Å². The van der Waals surface area contributed by atoms with Gasteiger partial charge in [0.15, 0.2) is 0 Å². The number of phenolic OH excluding ortho intramolecular Hbond substituents is 2. The van der Waals surface area contributed by atoms with Crippen molar-refractivity contribution < 1.29 is 28.3 Å². The van der Waals surface area contributed by atoms with E-state index in [0.29, 0.717) is 0 Å². The third-order valence-corrected chi connectivity index (χ3v) is 7.75. The Morgan fingerprint density at radius 3 is 1.47 bits per heavy atom. The number of phenols is 2. The topological polar surface area (TPSA) is 115 Å². The number of halogens is 4. The van der Waals surface area contributed by atoms with Crippen LogP contribution in [0.3, 0.4) is 0 Å². The van der Waals surface area contributed by atoms with Crippen molar-refractivity contribution in [2.24, 2.45) is 0 Å². The van der Waals surface area contributed by atoms with E-state index in [0.717, 1.165) is 0 Å². The Bertz CT molecular complexity index is 1160. The lowest BCUT2D eigenvalue weighted by molar-refractivity contribution is 0.122. The predicted octanol–water partition coefficient (Wildman–Crippen LogP) is 5.68. The summed E-state index contributed by atoms with van der Waals surface area (Å²) in [6, 6.07) is 11.2. The lowest BCUT2D eigenvalue weighted by Crippen LogP contribution is -2.31. The zero-order chi connectivity index (χ0) is 22.4. The Kier molecular flexibility index (Phi) is 6.74. The molecule has 0 aliphatic rings. The maximum atomic E-state index is 12.1.